The Hall–Kier alpha value is -2.14. The van der Waals surface area contributed by atoms with Crippen molar-refractivity contribution >= 4 is 22.5 Å². The van der Waals surface area contributed by atoms with Crippen LogP contribution >= 0.6 is 0 Å². The molecule has 2 aromatic rings. The summed E-state index contributed by atoms with van der Waals surface area (Å²) in [6.07, 6.45) is 0. The Labute approximate surface area is 123 Å². The van der Waals surface area contributed by atoms with Gasteiger partial charge in [0.15, 0.2) is 0 Å². The number of carbonyl (C=O) groups excluding carboxylic acids is 1. The number of nitrogens with one attached hydrogen (secondary N) is 1. The molecule has 2 heterocycles. The van der Waals surface area contributed by atoms with E-state index in [1.54, 1.807) is 0 Å². The van der Waals surface area contributed by atoms with Crippen molar-refractivity contribution in [2.24, 2.45) is 0 Å². The summed E-state index contributed by atoms with van der Waals surface area (Å²) in [6, 6.07) is 9.87. The summed E-state index contributed by atoms with van der Waals surface area (Å²) < 4.78 is 5.39. The molecule has 1 fully saturated rings. The van der Waals surface area contributed by atoms with E-state index in [2.05, 4.69) is 10.3 Å². The lowest BCUT2D eigenvalue weighted by Gasteiger charge is -2.33. The van der Waals surface area contributed by atoms with E-state index in [1.807, 2.05) is 49.2 Å². The van der Waals surface area contributed by atoms with Gasteiger partial charge in [0.1, 0.15) is 11.5 Å². The molecular weight excluding hydrogens is 266 g/mol. The van der Waals surface area contributed by atoms with Crippen molar-refractivity contribution in [1.82, 2.24) is 9.88 Å². The molecule has 21 heavy (non-hydrogen) atoms. The van der Waals surface area contributed by atoms with Crippen LogP contribution in [0.25, 0.3) is 10.8 Å². The molecule has 1 N–H and O–H groups in total. The van der Waals surface area contributed by atoms with Gasteiger partial charge in [-0.2, -0.15) is 0 Å². The van der Waals surface area contributed by atoms with Crippen molar-refractivity contribution in [2.45, 2.75) is 13.0 Å². The number of rotatable bonds is 2. The van der Waals surface area contributed by atoms with Crippen LogP contribution in [-0.4, -0.2) is 48.6 Å². The molecule has 5 heteroatoms. The van der Waals surface area contributed by atoms with Gasteiger partial charge in [-0.25, -0.2) is 4.98 Å². The number of pyridine rings is 1. The Morgan fingerprint density at radius 2 is 2.24 bits per heavy atom. The van der Waals surface area contributed by atoms with E-state index >= 15 is 0 Å². The second-order valence-corrected chi connectivity index (χ2v) is 5.25. The average molecular weight is 285 g/mol. The van der Waals surface area contributed by atoms with Crippen LogP contribution in [0.2, 0.25) is 0 Å². The fraction of sp³-hybridized carbons (Fsp3) is 0.375. The van der Waals surface area contributed by atoms with Gasteiger partial charge in [0, 0.05) is 19.0 Å². The Morgan fingerprint density at radius 3 is 3.00 bits per heavy atom. The molecule has 0 saturated carbocycles. The van der Waals surface area contributed by atoms with Gasteiger partial charge < -0.3 is 15.0 Å². The lowest BCUT2D eigenvalue weighted by molar-refractivity contribution is 0.00329. The quantitative estimate of drug-likeness (QED) is 0.918. The van der Waals surface area contributed by atoms with Crippen LogP contribution < -0.4 is 5.32 Å². The fourth-order valence-electron chi connectivity index (χ4n) is 2.67. The second-order valence-electron chi connectivity index (χ2n) is 5.25. The molecular formula is C16H19N3O2. The maximum Gasteiger partial charge on any atom is 0.272 e. The Bertz CT molecular complexity index is 672. The first kappa shape index (κ1) is 13.8. The van der Waals surface area contributed by atoms with Crippen molar-refractivity contribution in [3.63, 3.8) is 0 Å². The number of anilines is 1. The first-order chi connectivity index (χ1) is 10.2. The van der Waals surface area contributed by atoms with Crippen molar-refractivity contribution < 1.29 is 9.53 Å². The Kier molecular flexibility index (Phi) is 3.75. The third-order valence-electron chi connectivity index (χ3n) is 3.82. The van der Waals surface area contributed by atoms with Crippen LogP contribution in [0.5, 0.6) is 0 Å². The molecule has 0 aliphatic carbocycles. The van der Waals surface area contributed by atoms with Gasteiger partial charge in [-0.05, 0) is 18.4 Å². The summed E-state index contributed by atoms with van der Waals surface area (Å²) in [4.78, 5) is 19.0. The van der Waals surface area contributed by atoms with Crippen LogP contribution in [0, 0.1) is 0 Å². The van der Waals surface area contributed by atoms with Crippen LogP contribution in [-0.2, 0) is 4.74 Å². The van der Waals surface area contributed by atoms with Crippen molar-refractivity contribution in [1.29, 1.82) is 0 Å². The van der Waals surface area contributed by atoms with E-state index in [4.69, 9.17) is 4.74 Å². The smallest absolute Gasteiger partial charge is 0.272 e. The number of nitrogens with zero attached hydrogens (tertiary/aromatic N) is 2. The minimum absolute atomic E-state index is 0.0342. The maximum absolute atomic E-state index is 12.7. The molecule has 1 unspecified atom stereocenters. The normalized spacial score (nSPS) is 18.8. The SMILES string of the molecule is CNc1nc(C(=O)N2CCOCC2C)cc2ccccc12. The maximum atomic E-state index is 12.7. The lowest BCUT2D eigenvalue weighted by atomic mass is 10.1. The zero-order chi connectivity index (χ0) is 14.8. The number of ether oxygens (including phenoxy) is 1. The zero-order valence-electron chi connectivity index (χ0n) is 12.3. The summed E-state index contributed by atoms with van der Waals surface area (Å²) in [6.45, 7) is 3.78. The number of benzene rings is 1. The van der Waals surface area contributed by atoms with Crippen molar-refractivity contribution in [3.05, 3.63) is 36.0 Å². The first-order valence-electron chi connectivity index (χ1n) is 7.17. The van der Waals surface area contributed by atoms with Gasteiger partial charge >= 0.3 is 0 Å². The second kappa shape index (κ2) is 5.69. The summed E-state index contributed by atoms with van der Waals surface area (Å²) in [5.41, 5.74) is 0.479. The highest BCUT2D eigenvalue weighted by Crippen LogP contribution is 2.23. The van der Waals surface area contributed by atoms with Crippen LogP contribution in [0.4, 0.5) is 5.82 Å². The highest BCUT2D eigenvalue weighted by atomic mass is 16.5. The number of hydrogen-bond acceptors (Lipinski definition) is 4. The number of amides is 1. The molecule has 1 amide bonds. The molecule has 110 valence electrons. The van der Waals surface area contributed by atoms with E-state index in [9.17, 15) is 4.79 Å². The number of hydrogen-bond donors (Lipinski definition) is 1. The van der Waals surface area contributed by atoms with Gasteiger partial charge in [-0.15, -0.1) is 0 Å². The summed E-state index contributed by atoms with van der Waals surface area (Å²) >= 11 is 0. The monoisotopic (exact) mass is 285 g/mol. The van der Waals surface area contributed by atoms with Gasteiger partial charge in [0.05, 0.1) is 19.3 Å². The molecule has 0 bridgehead atoms. The summed E-state index contributed by atoms with van der Waals surface area (Å²) in [5, 5.41) is 5.11. The van der Waals surface area contributed by atoms with Gasteiger partial charge in [-0.3, -0.25) is 4.79 Å². The first-order valence-corrected chi connectivity index (χ1v) is 7.17. The highest BCUT2D eigenvalue weighted by molar-refractivity contribution is 6.00. The molecule has 1 aliphatic rings. The van der Waals surface area contributed by atoms with E-state index < -0.39 is 0 Å². The number of carbonyl (C=O) groups is 1. The third-order valence-corrected chi connectivity index (χ3v) is 3.82. The van der Waals surface area contributed by atoms with Gasteiger partial charge in [-0.1, -0.05) is 24.3 Å². The summed E-state index contributed by atoms with van der Waals surface area (Å²) in [7, 11) is 1.82. The van der Waals surface area contributed by atoms with E-state index in [-0.39, 0.29) is 11.9 Å². The molecule has 0 radical (unpaired) electrons. The van der Waals surface area contributed by atoms with E-state index in [0.717, 1.165) is 16.6 Å². The van der Waals surface area contributed by atoms with Crippen molar-refractivity contribution in [3.8, 4) is 0 Å². The fourth-order valence-corrected chi connectivity index (χ4v) is 2.67. The third kappa shape index (κ3) is 2.56. The molecule has 1 saturated heterocycles. The Morgan fingerprint density at radius 1 is 1.43 bits per heavy atom. The van der Waals surface area contributed by atoms with Crippen molar-refractivity contribution in [2.75, 3.05) is 32.1 Å². The molecule has 1 aliphatic heterocycles. The molecule has 3 rings (SSSR count). The highest BCUT2D eigenvalue weighted by Gasteiger charge is 2.26. The molecule has 1 aromatic heterocycles. The standard InChI is InChI=1S/C16H19N3O2/c1-11-10-21-8-7-19(11)16(20)14-9-12-5-3-4-6-13(12)15(17-2)18-14/h3-6,9,11H,7-8,10H2,1-2H3,(H,17,18). The Balaban J connectivity index is 2.01. The number of morpholine rings is 1. The van der Waals surface area contributed by atoms with E-state index in [1.165, 1.54) is 0 Å². The number of aromatic nitrogens is 1. The van der Waals surface area contributed by atoms with Crippen LogP contribution in [0.15, 0.2) is 30.3 Å². The minimum atomic E-state index is -0.0342. The zero-order valence-corrected chi connectivity index (χ0v) is 12.3. The van der Waals surface area contributed by atoms with Crippen LogP contribution in [0.1, 0.15) is 17.4 Å². The molecule has 5 nitrogen and oxygen atoms in total. The topological polar surface area (TPSA) is 54.5 Å². The van der Waals surface area contributed by atoms with E-state index in [0.29, 0.717) is 25.5 Å². The largest absolute Gasteiger partial charge is 0.377 e. The molecule has 1 aromatic carbocycles. The number of fused-ring (bicyclic) bond motifs is 1. The summed E-state index contributed by atoms with van der Waals surface area (Å²) in [5.74, 6) is 0.699. The lowest BCUT2D eigenvalue weighted by Crippen LogP contribution is -2.47. The minimum Gasteiger partial charge on any atom is -0.377 e. The molecule has 0 spiro atoms. The predicted octanol–water partition coefficient (Wildman–Crippen LogP) is 2.14. The molecule has 1 atom stereocenters. The van der Waals surface area contributed by atoms with Gasteiger partial charge in [0.2, 0.25) is 0 Å². The van der Waals surface area contributed by atoms with Gasteiger partial charge in [0.25, 0.3) is 5.91 Å². The average Bonchev–Trinajstić information content (AvgIpc) is 2.53. The predicted molar refractivity (Wildman–Crippen MR) is 82.6 cm³/mol. The van der Waals surface area contributed by atoms with Crippen LogP contribution in [0.3, 0.4) is 0 Å².